The highest BCUT2D eigenvalue weighted by Gasteiger charge is 2.24. The van der Waals surface area contributed by atoms with Crippen LogP contribution < -0.4 is 0 Å². The van der Waals surface area contributed by atoms with Crippen molar-refractivity contribution in [1.29, 1.82) is 5.26 Å². The van der Waals surface area contributed by atoms with Crippen LogP contribution in [0, 0.1) is 18.3 Å². The monoisotopic (exact) mass is 703 g/mol. The Kier molecular flexibility index (Phi) is 5.99. The Hall–Kier alpha value is -7.55. The summed E-state index contributed by atoms with van der Waals surface area (Å²) in [5.41, 5.74) is 13.5. The second kappa shape index (κ2) is 11.0. The van der Waals surface area contributed by atoms with Crippen LogP contribution in [-0.4, -0.2) is 9.13 Å². The van der Waals surface area contributed by atoms with E-state index in [4.69, 9.17) is 8.83 Å². The minimum absolute atomic E-state index is 0.594. The highest BCUT2D eigenvalue weighted by atomic mass is 16.3. The van der Waals surface area contributed by atoms with Crippen molar-refractivity contribution in [3.8, 4) is 28.6 Å². The van der Waals surface area contributed by atoms with Crippen molar-refractivity contribution in [2.75, 3.05) is 0 Å². The van der Waals surface area contributed by atoms with Crippen molar-refractivity contribution < 1.29 is 8.83 Å². The summed E-state index contributed by atoms with van der Waals surface area (Å²) in [4.78, 5) is 0. The van der Waals surface area contributed by atoms with Crippen LogP contribution in [0.3, 0.4) is 0 Å². The van der Waals surface area contributed by atoms with Gasteiger partial charge in [-0.05, 0) is 85.3 Å². The summed E-state index contributed by atoms with van der Waals surface area (Å²) in [5.74, 6) is 0. The van der Waals surface area contributed by atoms with Gasteiger partial charge in [0, 0.05) is 43.4 Å². The summed E-state index contributed by atoms with van der Waals surface area (Å²) >= 11 is 0. The number of nitriles is 1. The molecule has 8 aromatic carbocycles. The first-order chi connectivity index (χ1) is 27.2. The Balaban J connectivity index is 1.19. The lowest BCUT2D eigenvalue weighted by atomic mass is 9.97. The number of furan rings is 2. The quantitative estimate of drug-likeness (QED) is 0.184. The molecule has 5 heteroatoms. The Morgan fingerprint density at radius 3 is 1.55 bits per heavy atom. The molecule has 0 amide bonds. The summed E-state index contributed by atoms with van der Waals surface area (Å²) in [5, 5.41) is 19.1. The number of rotatable bonds is 3. The molecular formula is C50H29N3O2. The number of hydrogen-bond donors (Lipinski definition) is 0. The summed E-state index contributed by atoms with van der Waals surface area (Å²) in [6.45, 7) is 2.14. The van der Waals surface area contributed by atoms with Crippen LogP contribution in [0.5, 0.6) is 0 Å². The van der Waals surface area contributed by atoms with Crippen molar-refractivity contribution in [3.63, 3.8) is 0 Å². The topological polar surface area (TPSA) is 59.9 Å². The summed E-state index contributed by atoms with van der Waals surface area (Å²) < 4.78 is 18.0. The number of aromatic nitrogens is 2. The maximum absolute atomic E-state index is 10.3. The molecule has 5 nitrogen and oxygen atoms in total. The van der Waals surface area contributed by atoms with Gasteiger partial charge in [0.2, 0.25) is 0 Å². The molecular weight excluding hydrogens is 675 g/mol. The largest absolute Gasteiger partial charge is 0.455 e. The first-order valence-electron chi connectivity index (χ1n) is 18.5. The van der Waals surface area contributed by atoms with Crippen LogP contribution >= 0.6 is 0 Å². The Bertz CT molecular complexity index is 3640. The normalized spacial score (nSPS) is 12.1. The molecule has 0 radical (unpaired) electrons. The van der Waals surface area contributed by atoms with E-state index in [1.165, 1.54) is 0 Å². The van der Waals surface area contributed by atoms with E-state index >= 15 is 0 Å². The highest BCUT2D eigenvalue weighted by molar-refractivity contribution is 6.25. The molecule has 0 unspecified atom stereocenters. The van der Waals surface area contributed by atoms with E-state index < -0.39 is 0 Å². The van der Waals surface area contributed by atoms with Crippen LogP contribution in [0.1, 0.15) is 11.1 Å². The minimum Gasteiger partial charge on any atom is -0.455 e. The Morgan fingerprint density at radius 1 is 0.436 bits per heavy atom. The standard InChI is InChI=1S/C50H29N3O2/c1-29-18-20-31(44(26-29)53-40-15-7-3-13-37(40)48-43(53)25-22-35-33-11-5-9-17-46(33)55-50(35)48)38-27-30(28-51)19-23-41(38)52-39-14-6-2-12-36(39)47-42(52)24-21-34-32-10-4-8-16-45(32)54-49(34)47/h2-27H,1H3. The lowest BCUT2D eigenvalue weighted by molar-refractivity contribution is 0.672. The van der Waals surface area contributed by atoms with Gasteiger partial charge in [0.05, 0.1) is 55.8 Å². The van der Waals surface area contributed by atoms with E-state index in [2.05, 4.69) is 143 Å². The second-order valence-corrected chi connectivity index (χ2v) is 14.4. The zero-order valence-electron chi connectivity index (χ0n) is 29.7. The van der Waals surface area contributed by atoms with Crippen molar-refractivity contribution in [3.05, 3.63) is 169 Å². The second-order valence-electron chi connectivity index (χ2n) is 14.4. The predicted octanol–water partition coefficient (Wildman–Crippen LogP) is 13.5. The van der Waals surface area contributed by atoms with Gasteiger partial charge >= 0.3 is 0 Å². The number of nitrogens with zero attached hydrogens (tertiary/aromatic N) is 3. The van der Waals surface area contributed by atoms with E-state index in [0.717, 1.165) is 116 Å². The summed E-state index contributed by atoms with van der Waals surface area (Å²) in [6, 6.07) is 57.5. The molecule has 0 fully saturated rings. The lowest BCUT2D eigenvalue weighted by Crippen LogP contribution is -2.02. The van der Waals surface area contributed by atoms with Crippen LogP contribution in [0.25, 0.3) is 110 Å². The maximum Gasteiger partial charge on any atom is 0.145 e. The molecule has 55 heavy (non-hydrogen) atoms. The Labute approximate surface area is 314 Å². The highest BCUT2D eigenvalue weighted by Crippen LogP contribution is 2.45. The van der Waals surface area contributed by atoms with Crippen LogP contribution in [0.15, 0.2) is 167 Å². The molecule has 0 bridgehead atoms. The summed E-state index contributed by atoms with van der Waals surface area (Å²) in [6.07, 6.45) is 0. The third-order valence-corrected chi connectivity index (χ3v) is 11.4. The molecule has 0 aliphatic rings. The third kappa shape index (κ3) is 4.05. The van der Waals surface area contributed by atoms with E-state index in [1.807, 2.05) is 36.4 Å². The van der Waals surface area contributed by atoms with Crippen molar-refractivity contribution in [2.45, 2.75) is 6.92 Å². The molecule has 0 saturated heterocycles. The van der Waals surface area contributed by atoms with Gasteiger partial charge in [-0.1, -0.05) is 84.9 Å². The van der Waals surface area contributed by atoms with E-state index in [1.54, 1.807) is 0 Å². The third-order valence-electron chi connectivity index (χ3n) is 11.4. The number of aryl methyl sites for hydroxylation is 1. The fourth-order valence-electron chi connectivity index (χ4n) is 9.06. The van der Waals surface area contributed by atoms with E-state index in [0.29, 0.717) is 5.56 Å². The molecule has 0 spiro atoms. The van der Waals surface area contributed by atoms with Gasteiger partial charge < -0.3 is 18.0 Å². The van der Waals surface area contributed by atoms with Crippen LogP contribution in [0.4, 0.5) is 0 Å². The SMILES string of the molecule is Cc1ccc(-c2cc(C#N)ccc2-n2c3ccccc3c3c4oc5ccccc5c4ccc32)c(-n2c3ccccc3c3c4oc5ccccc5c4ccc32)c1. The summed E-state index contributed by atoms with van der Waals surface area (Å²) in [7, 11) is 0. The fraction of sp³-hybridized carbons (Fsp3) is 0.0200. The van der Waals surface area contributed by atoms with Gasteiger partial charge in [-0.2, -0.15) is 5.26 Å². The van der Waals surface area contributed by atoms with Gasteiger partial charge in [-0.3, -0.25) is 0 Å². The Morgan fingerprint density at radius 2 is 0.964 bits per heavy atom. The molecule has 12 aromatic rings. The van der Waals surface area contributed by atoms with Gasteiger partial charge in [0.15, 0.2) is 0 Å². The van der Waals surface area contributed by atoms with E-state index in [9.17, 15) is 5.26 Å². The number of hydrogen-bond acceptors (Lipinski definition) is 3. The molecule has 4 heterocycles. The van der Waals surface area contributed by atoms with Gasteiger partial charge in [-0.15, -0.1) is 0 Å². The first kappa shape index (κ1) is 30.0. The maximum atomic E-state index is 10.3. The first-order valence-corrected chi connectivity index (χ1v) is 18.5. The fourth-order valence-corrected chi connectivity index (χ4v) is 9.06. The van der Waals surface area contributed by atoms with Crippen molar-refractivity contribution >= 4 is 87.5 Å². The van der Waals surface area contributed by atoms with Crippen LogP contribution in [-0.2, 0) is 0 Å². The molecule has 0 aliphatic heterocycles. The number of fused-ring (bicyclic) bond motifs is 14. The number of benzene rings is 8. The molecule has 12 rings (SSSR count). The van der Waals surface area contributed by atoms with Gasteiger partial charge in [0.1, 0.15) is 22.3 Å². The molecule has 4 aromatic heterocycles. The molecule has 0 N–H and O–H groups in total. The van der Waals surface area contributed by atoms with Crippen molar-refractivity contribution in [1.82, 2.24) is 9.13 Å². The average Bonchev–Trinajstić information content (AvgIpc) is 3.98. The molecule has 0 aliphatic carbocycles. The molecule has 256 valence electrons. The minimum atomic E-state index is 0.594. The molecule has 0 saturated carbocycles. The van der Waals surface area contributed by atoms with Gasteiger partial charge in [-0.25, -0.2) is 0 Å². The smallest absolute Gasteiger partial charge is 0.145 e. The average molecular weight is 704 g/mol. The van der Waals surface area contributed by atoms with Crippen LogP contribution in [0.2, 0.25) is 0 Å². The lowest BCUT2D eigenvalue weighted by Gasteiger charge is -2.19. The molecule has 0 atom stereocenters. The van der Waals surface area contributed by atoms with Gasteiger partial charge in [0.25, 0.3) is 0 Å². The predicted molar refractivity (Wildman–Crippen MR) is 225 cm³/mol. The zero-order valence-corrected chi connectivity index (χ0v) is 29.7. The van der Waals surface area contributed by atoms with Crippen molar-refractivity contribution in [2.24, 2.45) is 0 Å². The zero-order chi connectivity index (χ0) is 36.4. The van der Waals surface area contributed by atoms with E-state index in [-0.39, 0.29) is 0 Å². The number of para-hydroxylation sites is 4.